The summed E-state index contributed by atoms with van der Waals surface area (Å²) in [5.41, 5.74) is -0.142. The smallest absolute Gasteiger partial charge is 0.256 e. The Bertz CT molecular complexity index is 620. The van der Waals surface area contributed by atoms with Crippen LogP contribution in [0.25, 0.3) is 0 Å². The number of likely N-dealkylation sites (tertiary alicyclic amines) is 1. The predicted octanol–water partition coefficient (Wildman–Crippen LogP) is 1.17. The van der Waals surface area contributed by atoms with Crippen molar-refractivity contribution in [1.29, 1.82) is 0 Å². The molecular formula is C18H25F2N3O3. The lowest BCUT2D eigenvalue weighted by molar-refractivity contribution is -0.126. The second kappa shape index (κ2) is 10.2. The van der Waals surface area contributed by atoms with Gasteiger partial charge < -0.3 is 20.3 Å². The van der Waals surface area contributed by atoms with Crippen molar-refractivity contribution in [1.82, 2.24) is 15.5 Å². The minimum Gasteiger partial charge on any atom is -0.383 e. The molecule has 1 aromatic rings. The summed E-state index contributed by atoms with van der Waals surface area (Å²) in [6.45, 7) is 3.29. The average Bonchev–Trinajstić information content (AvgIpc) is 2.64. The minimum atomic E-state index is -0.865. The lowest BCUT2D eigenvalue weighted by Gasteiger charge is -2.31. The Hall–Kier alpha value is -2.06. The first-order valence-corrected chi connectivity index (χ1v) is 8.74. The summed E-state index contributed by atoms with van der Waals surface area (Å²) < 4.78 is 31.6. The van der Waals surface area contributed by atoms with E-state index in [2.05, 4.69) is 10.6 Å². The molecule has 1 aliphatic rings. The van der Waals surface area contributed by atoms with Gasteiger partial charge in [-0.05, 0) is 25.0 Å². The third-order valence-corrected chi connectivity index (χ3v) is 4.40. The molecule has 0 unspecified atom stereocenters. The molecule has 0 bridgehead atoms. The van der Waals surface area contributed by atoms with Crippen LogP contribution in [0.3, 0.4) is 0 Å². The molecule has 1 heterocycles. The molecule has 0 saturated carbocycles. The molecular weight excluding hydrogens is 344 g/mol. The lowest BCUT2D eigenvalue weighted by atomic mass is 9.95. The molecule has 144 valence electrons. The van der Waals surface area contributed by atoms with Crippen LogP contribution in [-0.4, -0.2) is 63.2 Å². The fraction of sp³-hybridized carbons (Fsp3) is 0.556. The Balaban J connectivity index is 1.74. The van der Waals surface area contributed by atoms with Crippen LogP contribution in [0.2, 0.25) is 0 Å². The van der Waals surface area contributed by atoms with Gasteiger partial charge in [0.15, 0.2) is 0 Å². The molecule has 6 nitrogen and oxygen atoms in total. The van der Waals surface area contributed by atoms with Gasteiger partial charge in [0.2, 0.25) is 5.91 Å². The molecule has 1 saturated heterocycles. The Morgan fingerprint density at radius 1 is 1.19 bits per heavy atom. The van der Waals surface area contributed by atoms with Gasteiger partial charge in [0, 0.05) is 51.8 Å². The van der Waals surface area contributed by atoms with E-state index in [4.69, 9.17) is 4.74 Å². The number of nitrogens with zero attached hydrogens (tertiary/aromatic N) is 1. The molecule has 0 aromatic heterocycles. The SMILES string of the molecule is COCCNCCNC(=O)C1CCN(C(=O)c2ccc(F)cc2F)CC1. The second-order valence-corrected chi connectivity index (χ2v) is 6.22. The van der Waals surface area contributed by atoms with Crippen molar-refractivity contribution >= 4 is 11.8 Å². The molecule has 0 spiro atoms. The van der Waals surface area contributed by atoms with Gasteiger partial charge in [-0.1, -0.05) is 0 Å². The summed E-state index contributed by atoms with van der Waals surface area (Å²) in [4.78, 5) is 26.0. The molecule has 1 aromatic carbocycles. The van der Waals surface area contributed by atoms with Gasteiger partial charge in [-0.2, -0.15) is 0 Å². The molecule has 0 aliphatic carbocycles. The fourth-order valence-electron chi connectivity index (χ4n) is 2.90. The number of carbonyl (C=O) groups excluding carboxylic acids is 2. The number of amides is 2. The number of carbonyl (C=O) groups is 2. The zero-order valence-electron chi connectivity index (χ0n) is 14.9. The highest BCUT2D eigenvalue weighted by molar-refractivity contribution is 5.94. The molecule has 1 aliphatic heterocycles. The van der Waals surface area contributed by atoms with Crippen LogP contribution in [0.1, 0.15) is 23.2 Å². The topological polar surface area (TPSA) is 70.7 Å². The van der Waals surface area contributed by atoms with Crippen LogP contribution in [0.4, 0.5) is 8.78 Å². The third kappa shape index (κ3) is 5.74. The minimum absolute atomic E-state index is 0.0291. The molecule has 0 atom stereocenters. The van der Waals surface area contributed by atoms with Gasteiger partial charge in [-0.15, -0.1) is 0 Å². The number of halogens is 2. The molecule has 2 N–H and O–H groups in total. The number of methoxy groups -OCH3 is 1. The van der Waals surface area contributed by atoms with Gasteiger partial charge >= 0.3 is 0 Å². The zero-order chi connectivity index (χ0) is 18.9. The van der Waals surface area contributed by atoms with E-state index < -0.39 is 17.5 Å². The van der Waals surface area contributed by atoms with Crippen molar-refractivity contribution in [2.75, 3.05) is 46.4 Å². The van der Waals surface area contributed by atoms with E-state index in [1.807, 2.05) is 0 Å². The first-order chi connectivity index (χ1) is 12.5. The van der Waals surface area contributed by atoms with Crippen molar-refractivity contribution < 1.29 is 23.1 Å². The predicted molar refractivity (Wildman–Crippen MR) is 92.7 cm³/mol. The van der Waals surface area contributed by atoms with Crippen LogP contribution in [0.15, 0.2) is 18.2 Å². The van der Waals surface area contributed by atoms with E-state index in [1.165, 1.54) is 4.90 Å². The standard InChI is InChI=1S/C18H25F2N3O3/c1-26-11-8-21-6-7-22-17(24)13-4-9-23(10-5-13)18(25)15-3-2-14(19)12-16(15)20/h2-3,12-13,21H,4-11H2,1H3,(H,22,24). The van der Waals surface area contributed by atoms with Gasteiger partial charge in [0.1, 0.15) is 11.6 Å². The van der Waals surface area contributed by atoms with Crippen LogP contribution in [-0.2, 0) is 9.53 Å². The Morgan fingerprint density at radius 2 is 1.92 bits per heavy atom. The third-order valence-electron chi connectivity index (χ3n) is 4.40. The van der Waals surface area contributed by atoms with Gasteiger partial charge in [0.25, 0.3) is 5.91 Å². The Morgan fingerprint density at radius 3 is 2.58 bits per heavy atom. The normalized spacial score (nSPS) is 15.1. The van der Waals surface area contributed by atoms with E-state index in [0.717, 1.165) is 18.7 Å². The maximum absolute atomic E-state index is 13.7. The molecule has 1 fully saturated rings. The largest absolute Gasteiger partial charge is 0.383 e. The summed E-state index contributed by atoms with van der Waals surface area (Å²) in [6.07, 6.45) is 1.05. The highest BCUT2D eigenvalue weighted by atomic mass is 19.1. The summed E-state index contributed by atoms with van der Waals surface area (Å²) in [6, 6.07) is 2.92. The Labute approximate surface area is 151 Å². The van der Waals surface area contributed by atoms with E-state index >= 15 is 0 Å². The van der Waals surface area contributed by atoms with Crippen LogP contribution in [0, 0.1) is 17.6 Å². The van der Waals surface area contributed by atoms with Crippen LogP contribution >= 0.6 is 0 Å². The summed E-state index contributed by atoms with van der Waals surface area (Å²) in [7, 11) is 1.63. The molecule has 26 heavy (non-hydrogen) atoms. The fourth-order valence-corrected chi connectivity index (χ4v) is 2.90. The maximum atomic E-state index is 13.7. The first kappa shape index (κ1) is 20.3. The summed E-state index contributed by atoms with van der Waals surface area (Å²) in [5, 5.41) is 6.01. The number of piperidine rings is 1. The van der Waals surface area contributed by atoms with Crippen LogP contribution < -0.4 is 10.6 Å². The monoisotopic (exact) mass is 369 g/mol. The van der Waals surface area contributed by atoms with Crippen LogP contribution in [0.5, 0.6) is 0 Å². The van der Waals surface area contributed by atoms with Crippen molar-refractivity contribution in [3.63, 3.8) is 0 Å². The van der Waals surface area contributed by atoms with Gasteiger partial charge in [-0.25, -0.2) is 8.78 Å². The van der Waals surface area contributed by atoms with Crippen molar-refractivity contribution in [3.05, 3.63) is 35.4 Å². The van der Waals surface area contributed by atoms with Crippen molar-refractivity contribution in [3.8, 4) is 0 Å². The first-order valence-electron chi connectivity index (χ1n) is 8.74. The highest BCUT2D eigenvalue weighted by Crippen LogP contribution is 2.20. The van der Waals surface area contributed by atoms with E-state index in [9.17, 15) is 18.4 Å². The maximum Gasteiger partial charge on any atom is 0.256 e. The number of hydrogen-bond donors (Lipinski definition) is 2. The summed E-state index contributed by atoms with van der Waals surface area (Å²) in [5.74, 6) is -2.24. The van der Waals surface area contributed by atoms with Gasteiger partial charge in [-0.3, -0.25) is 9.59 Å². The van der Waals surface area contributed by atoms with Crippen molar-refractivity contribution in [2.24, 2.45) is 5.92 Å². The van der Waals surface area contributed by atoms with E-state index in [0.29, 0.717) is 51.7 Å². The Kier molecular flexibility index (Phi) is 7.93. The molecule has 0 radical (unpaired) electrons. The number of rotatable bonds is 8. The average molecular weight is 369 g/mol. The van der Waals surface area contributed by atoms with Gasteiger partial charge in [0.05, 0.1) is 12.2 Å². The molecule has 2 amide bonds. The number of ether oxygens (including phenoxy) is 1. The number of hydrogen-bond acceptors (Lipinski definition) is 4. The quantitative estimate of drug-likeness (QED) is 0.675. The molecule has 2 rings (SSSR count). The second-order valence-electron chi connectivity index (χ2n) is 6.22. The zero-order valence-corrected chi connectivity index (χ0v) is 14.9. The molecule has 8 heteroatoms. The number of nitrogens with one attached hydrogen (secondary N) is 2. The summed E-state index contributed by atoms with van der Waals surface area (Å²) >= 11 is 0. The van der Waals surface area contributed by atoms with E-state index in [-0.39, 0.29) is 17.4 Å². The highest BCUT2D eigenvalue weighted by Gasteiger charge is 2.28. The number of benzene rings is 1. The van der Waals surface area contributed by atoms with E-state index in [1.54, 1.807) is 7.11 Å². The van der Waals surface area contributed by atoms with Crippen molar-refractivity contribution in [2.45, 2.75) is 12.8 Å². The lowest BCUT2D eigenvalue weighted by Crippen LogP contribution is -2.44.